The Balaban J connectivity index is 1.88. The molecule has 102 valence electrons. The van der Waals surface area contributed by atoms with E-state index in [2.05, 4.69) is 9.97 Å². The van der Waals surface area contributed by atoms with Crippen molar-refractivity contribution in [2.24, 2.45) is 0 Å². The Hall–Kier alpha value is -1.79. The lowest BCUT2D eigenvalue weighted by molar-refractivity contribution is 0.614. The van der Waals surface area contributed by atoms with E-state index in [9.17, 15) is 4.39 Å². The Bertz CT molecular complexity index is 748. The smallest absolute Gasteiger partial charge is 0.180 e. The Morgan fingerprint density at radius 1 is 1.25 bits per heavy atom. The lowest BCUT2D eigenvalue weighted by atomic mass is 10.1. The number of aromatic nitrogens is 2. The lowest BCUT2D eigenvalue weighted by Gasteiger charge is -1.99. The Morgan fingerprint density at radius 3 is 2.75 bits per heavy atom. The average molecular weight is 305 g/mol. The van der Waals surface area contributed by atoms with Crippen LogP contribution in [0, 0.1) is 12.7 Å². The van der Waals surface area contributed by atoms with E-state index >= 15 is 0 Å². The first kappa shape index (κ1) is 13.2. The minimum Gasteiger partial charge on any atom is -0.375 e. The molecule has 0 aliphatic heterocycles. The van der Waals surface area contributed by atoms with Gasteiger partial charge in [-0.3, -0.25) is 0 Å². The number of hydrogen-bond acceptors (Lipinski definition) is 5. The highest BCUT2D eigenvalue weighted by Crippen LogP contribution is 2.32. The Labute approximate surface area is 124 Å². The molecule has 2 aromatic heterocycles. The largest absolute Gasteiger partial charge is 0.375 e. The molecule has 3 aromatic rings. The SMILES string of the molecule is Cc1nc(N)sc1-c1csc(Cc2ccccc2F)n1. The summed E-state index contributed by atoms with van der Waals surface area (Å²) in [4.78, 5) is 9.74. The summed E-state index contributed by atoms with van der Waals surface area (Å²) in [5.74, 6) is -0.192. The summed E-state index contributed by atoms with van der Waals surface area (Å²) in [6.45, 7) is 1.91. The molecule has 0 atom stereocenters. The number of benzene rings is 1. The number of nitrogens with two attached hydrogens (primary N) is 1. The highest BCUT2D eigenvalue weighted by atomic mass is 32.1. The van der Waals surface area contributed by atoms with E-state index < -0.39 is 0 Å². The second-order valence-corrected chi connectivity index (χ2v) is 6.33. The van der Waals surface area contributed by atoms with Gasteiger partial charge < -0.3 is 5.73 Å². The molecule has 2 heterocycles. The number of rotatable bonds is 3. The molecule has 0 saturated carbocycles. The van der Waals surface area contributed by atoms with Crippen molar-refractivity contribution in [3.63, 3.8) is 0 Å². The molecule has 3 nitrogen and oxygen atoms in total. The summed E-state index contributed by atoms with van der Waals surface area (Å²) in [7, 11) is 0. The van der Waals surface area contributed by atoms with E-state index in [0.29, 0.717) is 17.1 Å². The van der Waals surface area contributed by atoms with Gasteiger partial charge in [0.15, 0.2) is 5.13 Å². The molecular weight excluding hydrogens is 293 g/mol. The molecular formula is C14H12FN3S2. The van der Waals surface area contributed by atoms with Gasteiger partial charge in [0.2, 0.25) is 0 Å². The van der Waals surface area contributed by atoms with Crippen LogP contribution in [-0.4, -0.2) is 9.97 Å². The minimum atomic E-state index is -0.192. The topological polar surface area (TPSA) is 51.8 Å². The van der Waals surface area contributed by atoms with Gasteiger partial charge in [0, 0.05) is 11.8 Å². The van der Waals surface area contributed by atoms with Gasteiger partial charge in [0.25, 0.3) is 0 Å². The van der Waals surface area contributed by atoms with E-state index in [1.54, 1.807) is 12.1 Å². The Morgan fingerprint density at radius 2 is 2.05 bits per heavy atom. The molecule has 0 spiro atoms. The summed E-state index contributed by atoms with van der Waals surface area (Å²) >= 11 is 2.95. The fourth-order valence-corrected chi connectivity index (χ4v) is 3.63. The third-order valence-corrected chi connectivity index (χ3v) is 4.75. The van der Waals surface area contributed by atoms with E-state index in [4.69, 9.17) is 5.73 Å². The van der Waals surface area contributed by atoms with Crippen LogP contribution in [0.15, 0.2) is 29.6 Å². The van der Waals surface area contributed by atoms with Crippen LogP contribution >= 0.6 is 22.7 Å². The van der Waals surface area contributed by atoms with Crippen LogP contribution in [0.5, 0.6) is 0 Å². The summed E-state index contributed by atoms with van der Waals surface area (Å²) < 4.78 is 13.6. The summed E-state index contributed by atoms with van der Waals surface area (Å²) in [6, 6.07) is 6.78. The van der Waals surface area contributed by atoms with Gasteiger partial charge in [0.05, 0.1) is 21.3 Å². The van der Waals surface area contributed by atoms with E-state index in [-0.39, 0.29) is 5.82 Å². The molecule has 0 radical (unpaired) electrons. The van der Waals surface area contributed by atoms with Gasteiger partial charge in [-0.1, -0.05) is 29.5 Å². The zero-order valence-electron chi connectivity index (χ0n) is 10.8. The van der Waals surface area contributed by atoms with Crippen LogP contribution in [0.2, 0.25) is 0 Å². The van der Waals surface area contributed by atoms with Crippen molar-refractivity contribution in [3.05, 3.63) is 51.7 Å². The zero-order valence-corrected chi connectivity index (χ0v) is 12.4. The third kappa shape index (κ3) is 2.57. The molecule has 3 rings (SSSR count). The second-order valence-electron chi connectivity index (χ2n) is 4.36. The van der Waals surface area contributed by atoms with Crippen LogP contribution in [0.3, 0.4) is 0 Å². The molecule has 0 aliphatic rings. The van der Waals surface area contributed by atoms with Gasteiger partial charge in [-0.15, -0.1) is 11.3 Å². The van der Waals surface area contributed by atoms with Crippen LogP contribution in [-0.2, 0) is 6.42 Å². The standard InChI is InChI=1S/C14H12FN3S2/c1-8-13(20-14(16)17-8)11-7-19-12(18-11)6-9-4-2-3-5-10(9)15/h2-5,7H,6H2,1H3,(H2,16,17). The molecule has 20 heavy (non-hydrogen) atoms. The quantitative estimate of drug-likeness (QED) is 0.798. The molecule has 0 unspecified atom stereocenters. The number of nitrogen functional groups attached to an aromatic ring is 1. The number of thiazole rings is 2. The van der Waals surface area contributed by atoms with Crippen molar-refractivity contribution >= 4 is 27.8 Å². The maximum Gasteiger partial charge on any atom is 0.180 e. The van der Waals surface area contributed by atoms with Crippen molar-refractivity contribution in [1.29, 1.82) is 0 Å². The van der Waals surface area contributed by atoms with Gasteiger partial charge in [-0.05, 0) is 18.6 Å². The summed E-state index contributed by atoms with van der Waals surface area (Å²) in [5.41, 5.74) is 8.11. The fraction of sp³-hybridized carbons (Fsp3) is 0.143. The van der Waals surface area contributed by atoms with E-state index in [1.165, 1.54) is 28.7 Å². The number of nitrogens with zero attached hydrogens (tertiary/aromatic N) is 2. The number of hydrogen-bond donors (Lipinski definition) is 1. The third-order valence-electron chi connectivity index (χ3n) is 2.90. The fourth-order valence-electron chi connectivity index (χ4n) is 1.96. The van der Waals surface area contributed by atoms with E-state index in [0.717, 1.165) is 21.3 Å². The van der Waals surface area contributed by atoms with Crippen molar-refractivity contribution in [2.75, 3.05) is 5.73 Å². The first-order valence-corrected chi connectivity index (χ1v) is 7.74. The predicted molar refractivity (Wildman–Crippen MR) is 81.6 cm³/mol. The summed E-state index contributed by atoms with van der Waals surface area (Å²) in [5, 5.41) is 3.40. The molecule has 0 amide bonds. The highest BCUT2D eigenvalue weighted by Gasteiger charge is 2.12. The average Bonchev–Trinajstić information content (AvgIpc) is 2.99. The summed E-state index contributed by atoms with van der Waals surface area (Å²) in [6.07, 6.45) is 0.505. The number of aryl methyl sites for hydroxylation is 1. The van der Waals surface area contributed by atoms with Crippen LogP contribution in [0.4, 0.5) is 9.52 Å². The molecule has 2 N–H and O–H groups in total. The number of halogens is 1. The van der Waals surface area contributed by atoms with Crippen molar-refractivity contribution in [3.8, 4) is 10.6 Å². The maximum atomic E-state index is 13.6. The lowest BCUT2D eigenvalue weighted by Crippen LogP contribution is -1.91. The first-order chi connectivity index (χ1) is 9.63. The van der Waals surface area contributed by atoms with Gasteiger partial charge in [0.1, 0.15) is 5.82 Å². The van der Waals surface area contributed by atoms with E-state index in [1.807, 2.05) is 18.4 Å². The van der Waals surface area contributed by atoms with Crippen LogP contribution in [0.1, 0.15) is 16.3 Å². The molecule has 0 saturated heterocycles. The van der Waals surface area contributed by atoms with Gasteiger partial charge in [-0.2, -0.15) is 0 Å². The monoisotopic (exact) mass is 305 g/mol. The van der Waals surface area contributed by atoms with Crippen LogP contribution < -0.4 is 5.73 Å². The maximum absolute atomic E-state index is 13.6. The van der Waals surface area contributed by atoms with Crippen molar-refractivity contribution in [1.82, 2.24) is 9.97 Å². The normalized spacial score (nSPS) is 10.9. The minimum absolute atomic E-state index is 0.192. The molecule has 0 bridgehead atoms. The van der Waals surface area contributed by atoms with Crippen LogP contribution in [0.25, 0.3) is 10.6 Å². The molecule has 0 fully saturated rings. The van der Waals surface area contributed by atoms with Crippen molar-refractivity contribution in [2.45, 2.75) is 13.3 Å². The highest BCUT2D eigenvalue weighted by molar-refractivity contribution is 7.19. The molecule has 6 heteroatoms. The second kappa shape index (κ2) is 5.30. The van der Waals surface area contributed by atoms with Gasteiger partial charge in [-0.25, -0.2) is 14.4 Å². The van der Waals surface area contributed by atoms with Crippen molar-refractivity contribution < 1.29 is 4.39 Å². The molecule has 0 aliphatic carbocycles. The number of anilines is 1. The predicted octanol–water partition coefficient (Wildman–Crippen LogP) is 3.89. The van der Waals surface area contributed by atoms with Gasteiger partial charge >= 0.3 is 0 Å². The molecule has 1 aromatic carbocycles. The first-order valence-electron chi connectivity index (χ1n) is 6.04. The Kier molecular flexibility index (Phi) is 3.50. The zero-order chi connectivity index (χ0) is 14.1.